The molecule has 1 fully saturated rings. The topological polar surface area (TPSA) is 40.5 Å². The van der Waals surface area contributed by atoms with Crippen molar-refractivity contribution < 1.29 is 18.7 Å². The molecule has 1 aliphatic heterocycles. The zero-order valence-electron chi connectivity index (χ0n) is 5.13. The summed E-state index contributed by atoms with van der Waals surface area (Å²) in [5.41, 5.74) is 0. The third-order valence-electron chi connectivity index (χ3n) is 1.54. The maximum atomic E-state index is 11.7. The van der Waals surface area contributed by atoms with Crippen molar-refractivity contribution in [1.82, 2.24) is 4.90 Å². The number of carbonyl (C=O) groups is 1. The van der Waals surface area contributed by atoms with Gasteiger partial charge in [-0.2, -0.15) is 0 Å². The molecule has 0 aromatic rings. The molecule has 1 saturated heterocycles. The van der Waals surface area contributed by atoms with E-state index in [0.29, 0.717) is 0 Å². The Bertz CT molecular complexity index is 145. The van der Waals surface area contributed by atoms with E-state index in [0.717, 1.165) is 4.90 Å². The summed E-state index contributed by atoms with van der Waals surface area (Å²) in [5, 5.41) is 8.21. The largest absolute Gasteiger partial charge is 0.465 e. The lowest BCUT2D eigenvalue weighted by Gasteiger charge is -2.36. The Hall–Kier alpha value is -0.870. The molecule has 0 bridgehead atoms. The van der Waals surface area contributed by atoms with Crippen molar-refractivity contribution in [1.29, 1.82) is 0 Å². The summed E-state index contributed by atoms with van der Waals surface area (Å²) in [4.78, 5) is 11.0. The first-order chi connectivity index (χ1) is 4.61. The highest BCUT2D eigenvalue weighted by Crippen LogP contribution is 2.21. The summed E-state index contributed by atoms with van der Waals surface area (Å²) >= 11 is 0. The average Bonchev–Trinajstić information content (AvgIpc) is 1.56. The number of alkyl halides is 2. The van der Waals surface area contributed by atoms with Crippen molar-refractivity contribution in [3.8, 4) is 0 Å². The molecule has 0 radical (unpaired) electrons. The summed E-state index contributed by atoms with van der Waals surface area (Å²) in [5.74, 6) is -0.740. The highest BCUT2D eigenvalue weighted by Gasteiger charge is 2.36. The SMILES string of the molecule is O=C(O)N1CC(C(F)F)C1. The summed E-state index contributed by atoms with van der Waals surface area (Å²) in [6, 6.07) is 0. The van der Waals surface area contributed by atoms with Gasteiger partial charge in [0, 0.05) is 13.1 Å². The van der Waals surface area contributed by atoms with Crippen LogP contribution in [0, 0.1) is 5.92 Å². The van der Waals surface area contributed by atoms with Gasteiger partial charge in [0.05, 0.1) is 5.92 Å². The second-order valence-electron chi connectivity index (χ2n) is 2.28. The minimum absolute atomic E-state index is 0.0208. The van der Waals surface area contributed by atoms with Crippen LogP contribution < -0.4 is 0 Å². The highest BCUT2D eigenvalue weighted by molar-refractivity contribution is 5.66. The van der Waals surface area contributed by atoms with Crippen LogP contribution in [-0.2, 0) is 0 Å². The van der Waals surface area contributed by atoms with Gasteiger partial charge in [-0.15, -0.1) is 0 Å². The zero-order chi connectivity index (χ0) is 7.72. The normalized spacial score (nSPS) is 19.3. The van der Waals surface area contributed by atoms with Crippen LogP contribution in [0.5, 0.6) is 0 Å². The quantitative estimate of drug-likeness (QED) is 0.603. The second kappa shape index (κ2) is 2.40. The van der Waals surface area contributed by atoms with Crippen molar-refractivity contribution in [2.75, 3.05) is 13.1 Å². The molecule has 0 aliphatic carbocycles. The fourth-order valence-corrected chi connectivity index (χ4v) is 0.828. The number of rotatable bonds is 1. The highest BCUT2D eigenvalue weighted by atomic mass is 19.3. The molecule has 1 heterocycles. The molecular weight excluding hydrogens is 144 g/mol. The Kier molecular flexibility index (Phi) is 1.74. The lowest BCUT2D eigenvalue weighted by atomic mass is 10.0. The number of likely N-dealkylation sites (tertiary alicyclic amines) is 1. The van der Waals surface area contributed by atoms with Crippen molar-refractivity contribution in [3.05, 3.63) is 0 Å². The summed E-state index contributed by atoms with van der Waals surface area (Å²) in [6.07, 6.45) is -3.49. The number of hydrogen-bond acceptors (Lipinski definition) is 1. The van der Waals surface area contributed by atoms with Crippen LogP contribution in [0.3, 0.4) is 0 Å². The zero-order valence-corrected chi connectivity index (χ0v) is 5.13. The second-order valence-corrected chi connectivity index (χ2v) is 2.28. The molecule has 3 nitrogen and oxygen atoms in total. The molecule has 0 aromatic carbocycles. The smallest absolute Gasteiger partial charge is 0.407 e. The molecule has 1 rings (SSSR count). The number of halogens is 2. The van der Waals surface area contributed by atoms with E-state index in [9.17, 15) is 13.6 Å². The van der Waals surface area contributed by atoms with Crippen molar-refractivity contribution in [3.63, 3.8) is 0 Å². The minimum Gasteiger partial charge on any atom is -0.465 e. The van der Waals surface area contributed by atoms with E-state index in [1.807, 2.05) is 0 Å². The maximum absolute atomic E-state index is 11.7. The third kappa shape index (κ3) is 1.17. The lowest BCUT2D eigenvalue weighted by molar-refractivity contribution is -0.0150. The first kappa shape index (κ1) is 7.24. The first-order valence-electron chi connectivity index (χ1n) is 2.87. The Morgan fingerprint density at radius 2 is 2.10 bits per heavy atom. The van der Waals surface area contributed by atoms with Crippen LogP contribution in [0.2, 0.25) is 0 Å². The molecule has 0 unspecified atom stereocenters. The van der Waals surface area contributed by atoms with Gasteiger partial charge in [0.15, 0.2) is 0 Å². The van der Waals surface area contributed by atoms with Crippen molar-refractivity contribution >= 4 is 6.09 Å². The fraction of sp³-hybridized carbons (Fsp3) is 0.800. The van der Waals surface area contributed by atoms with Gasteiger partial charge >= 0.3 is 6.09 Å². The third-order valence-corrected chi connectivity index (χ3v) is 1.54. The van der Waals surface area contributed by atoms with Gasteiger partial charge in [0.25, 0.3) is 0 Å². The Morgan fingerprint density at radius 1 is 1.60 bits per heavy atom. The fourth-order valence-electron chi connectivity index (χ4n) is 0.828. The van der Waals surface area contributed by atoms with E-state index in [-0.39, 0.29) is 13.1 Å². The molecule has 0 saturated carbocycles. The van der Waals surface area contributed by atoms with Crippen molar-refractivity contribution in [2.24, 2.45) is 5.92 Å². The van der Waals surface area contributed by atoms with Gasteiger partial charge in [-0.3, -0.25) is 0 Å². The van der Waals surface area contributed by atoms with Gasteiger partial charge < -0.3 is 10.0 Å². The summed E-state index contributed by atoms with van der Waals surface area (Å²) < 4.78 is 23.4. The molecular formula is C5H7F2NO2. The molecule has 10 heavy (non-hydrogen) atoms. The molecule has 58 valence electrons. The van der Waals surface area contributed by atoms with E-state index in [1.54, 1.807) is 0 Å². The average molecular weight is 151 g/mol. The number of amides is 1. The van der Waals surface area contributed by atoms with Gasteiger partial charge in [0.2, 0.25) is 6.43 Å². The van der Waals surface area contributed by atoms with Gasteiger partial charge in [0.1, 0.15) is 0 Å². The van der Waals surface area contributed by atoms with Gasteiger partial charge in [-0.05, 0) is 0 Å². The molecule has 0 atom stereocenters. The van der Waals surface area contributed by atoms with E-state index in [4.69, 9.17) is 5.11 Å². The number of nitrogens with zero attached hydrogens (tertiary/aromatic N) is 1. The summed E-state index contributed by atoms with van der Waals surface area (Å²) in [7, 11) is 0. The van der Waals surface area contributed by atoms with Crippen molar-refractivity contribution in [2.45, 2.75) is 6.43 Å². The standard InChI is InChI=1S/C5H7F2NO2/c6-4(7)3-1-8(2-3)5(9)10/h3-4H,1-2H2,(H,9,10). The van der Waals surface area contributed by atoms with E-state index in [1.165, 1.54) is 0 Å². The Balaban J connectivity index is 2.24. The predicted octanol–water partition coefficient (Wildman–Crippen LogP) is 0.861. The number of carboxylic acid groups (broad SMARTS) is 1. The monoisotopic (exact) mass is 151 g/mol. The van der Waals surface area contributed by atoms with E-state index in [2.05, 4.69) is 0 Å². The summed E-state index contributed by atoms with van der Waals surface area (Å²) in [6.45, 7) is -0.0417. The molecule has 1 N–H and O–H groups in total. The minimum atomic E-state index is -2.38. The molecule has 5 heteroatoms. The predicted molar refractivity (Wildman–Crippen MR) is 29.1 cm³/mol. The molecule has 0 spiro atoms. The van der Waals surface area contributed by atoms with Crippen LogP contribution in [0.1, 0.15) is 0 Å². The maximum Gasteiger partial charge on any atom is 0.407 e. The molecule has 0 aromatic heterocycles. The van der Waals surface area contributed by atoms with Gasteiger partial charge in [-0.1, -0.05) is 0 Å². The van der Waals surface area contributed by atoms with Crippen LogP contribution in [0.15, 0.2) is 0 Å². The van der Waals surface area contributed by atoms with E-state index < -0.39 is 18.4 Å². The molecule has 1 aliphatic rings. The molecule has 1 amide bonds. The van der Waals surface area contributed by atoms with Crippen LogP contribution >= 0.6 is 0 Å². The number of hydrogen-bond donors (Lipinski definition) is 1. The van der Waals surface area contributed by atoms with Crippen LogP contribution in [0.25, 0.3) is 0 Å². The Labute approximate surface area is 56.2 Å². The van der Waals surface area contributed by atoms with E-state index >= 15 is 0 Å². The first-order valence-corrected chi connectivity index (χ1v) is 2.87. The van der Waals surface area contributed by atoms with Crippen LogP contribution in [-0.4, -0.2) is 35.6 Å². The van der Waals surface area contributed by atoms with Crippen LogP contribution in [0.4, 0.5) is 13.6 Å². The van der Waals surface area contributed by atoms with Gasteiger partial charge in [-0.25, -0.2) is 13.6 Å². The Morgan fingerprint density at radius 3 is 2.40 bits per heavy atom. The lowest BCUT2D eigenvalue weighted by Crippen LogP contribution is -2.52.